The number of piperidine rings is 1. The Labute approximate surface area is 109 Å². The van der Waals surface area contributed by atoms with E-state index in [0.717, 1.165) is 3.92 Å². The molecule has 0 unspecified atom stereocenters. The third-order valence-electron chi connectivity index (χ3n) is 2.75. The molecule has 0 radical (unpaired) electrons. The number of nitrogens with zero attached hydrogens (tertiary/aromatic N) is 1. The van der Waals surface area contributed by atoms with Gasteiger partial charge < -0.3 is 4.90 Å². The summed E-state index contributed by atoms with van der Waals surface area (Å²) >= 11 is 2.59. The van der Waals surface area contributed by atoms with E-state index in [0.29, 0.717) is 0 Å². The van der Waals surface area contributed by atoms with Gasteiger partial charge in [-0.2, -0.15) is 0 Å². The summed E-state index contributed by atoms with van der Waals surface area (Å²) in [4.78, 5) is 2.61. The van der Waals surface area contributed by atoms with Crippen LogP contribution in [0.2, 0.25) is 19.6 Å². The van der Waals surface area contributed by atoms with E-state index in [4.69, 9.17) is 0 Å². The molecule has 1 fully saturated rings. The molecule has 0 aromatic rings. The molecule has 0 aromatic heterocycles. The topological polar surface area (TPSA) is 3.24 Å². The predicted octanol–water partition coefficient (Wildman–Crippen LogP) is 3.71. The van der Waals surface area contributed by atoms with Gasteiger partial charge in [0.15, 0.2) is 0 Å². The zero-order valence-corrected chi connectivity index (χ0v) is 13.5. The van der Waals surface area contributed by atoms with Crippen molar-refractivity contribution in [2.24, 2.45) is 0 Å². The van der Waals surface area contributed by atoms with E-state index in [-0.39, 0.29) is 0 Å². The van der Waals surface area contributed by atoms with Crippen LogP contribution in [0.15, 0.2) is 11.8 Å². The molecule has 3 heteroatoms. The third kappa shape index (κ3) is 6.74. The van der Waals surface area contributed by atoms with Crippen molar-refractivity contribution in [2.45, 2.75) is 42.8 Å². The average molecular weight is 337 g/mol. The highest BCUT2D eigenvalue weighted by atomic mass is 127. The second kappa shape index (κ2) is 6.40. The highest BCUT2D eigenvalue weighted by Crippen LogP contribution is 2.17. The molecule has 1 heterocycles. The Morgan fingerprint density at radius 1 is 1.27 bits per heavy atom. The van der Waals surface area contributed by atoms with E-state index in [1.165, 1.54) is 38.9 Å². The fourth-order valence-electron chi connectivity index (χ4n) is 1.82. The lowest BCUT2D eigenvalue weighted by Crippen LogP contribution is -2.34. The lowest BCUT2D eigenvalue weighted by molar-refractivity contribution is 0.240. The number of hydrogen-bond donors (Lipinski definition) is 0. The lowest BCUT2D eigenvalue weighted by Gasteiger charge is -2.29. The van der Waals surface area contributed by atoms with E-state index in [1.54, 1.807) is 0 Å². The van der Waals surface area contributed by atoms with Crippen LogP contribution >= 0.6 is 22.6 Å². The van der Waals surface area contributed by atoms with Crippen LogP contribution < -0.4 is 0 Å². The van der Waals surface area contributed by atoms with Crippen molar-refractivity contribution in [1.82, 2.24) is 4.90 Å². The van der Waals surface area contributed by atoms with Gasteiger partial charge in [0, 0.05) is 10.5 Å². The maximum Gasteiger partial charge on any atom is 0.0682 e. The molecule has 0 atom stereocenters. The number of alkyl halides is 1. The fourth-order valence-corrected chi connectivity index (χ4v) is 3.25. The van der Waals surface area contributed by atoms with E-state index in [9.17, 15) is 0 Å². The molecule has 0 N–H and O–H groups in total. The molecule has 88 valence electrons. The van der Waals surface area contributed by atoms with Crippen molar-refractivity contribution < 1.29 is 0 Å². The number of likely N-dealkylation sites (tertiary alicyclic amines) is 1. The van der Waals surface area contributed by atoms with Gasteiger partial charge in [-0.25, -0.2) is 0 Å². The van der Waals surface area contributed by atoms with Crippen molar-refractivity contribution in [3.8, 4) is 0 Å². The molecule has 0 amide bonds. The van der Waals surface area contributed by atoms with Crippen LogP contribution in [0.4, 0.5) is 0 Å². The summed E-state index contributed by atoms with van der Waals surface area (Å²) < 4.78 is 0.927. The molecular weight excluding hydrogens is 313 g/mol. The van der Waals surface area contributed by atoms with Gasteiger partial charge in [0.1, 0.15) is 0 Å². The van der Waals surface area contributed by atoms with Gasteiger partial charge >= 0.3 is 0 Å². The van der Waals surface area contributed by atoms with Gasteiger partial charge in [-0.05, 0) is 32.4 Å². The maximum atomic E-state index is 2.61. The van der Waals surface area contributed by atoms with E-state index >= 15 is 0 Å². The van der Waals surface area contributed by atoms with Crippen LogP contribution in [-0.4, -0.2) is 36.5 Å². The third-order valence-corrected chi connectivity index (χ3v) is 5.23. The van der Waals surface area contributed by atoms with Crippen LogP contribution in [0.3, 0.4) is 0 Å². The van der Waals surface area contributed by atoms with Crippen LogP contribution in [0.25, 0.3) is 0 Å². The Bertz CT molecular complexity index is 202. The van der Waals surface area contributed by atoms with Gasteiger partial charge in [0.25, 0.3) is 0 Å². The number of halogens is 1. The quantitative estimate of drug-likeness (QED) is 0.429. The van der Waals surface area contributed by atoms with Crippen molar-refractivity contribution in [3.05, 3.63) is 11.8 Å². The first-order valence-electron chi connectivity index (χ1n) is 6.01. The van der Waals surface area contributed by atoms with Crippen LogP contribution in [0, 0.1) is 0 Å². The minimum absolute atomic E-state index is 0.927. The van der Waals surface area contributed by atoms with Crippen molar-refractivity contribution in [2.75, 3.05) is 19.6 Å². The first kappa shape index (κ1) is 13.7. The molecule has 15 heavy (non-hydrogen) atoms. The monoisotopic (exact) mass is 337 g/mol. The van der Waals surface area contributed by atoms with E-state index in [1.807, 2.05) is 0 Å². The predicted molar refractivity (Wildman–Crippen MR) is 80.6 cm³/mol. The fraction of sp³-hybridized carbons (Fsp3) is 0.833. The van der Waals surface area contributed by atoms with Gasteiger partial charge in [-0.1, -0.05) is 54.0 Å². The van der Waals surface area contributed by atoms with Crippen molar-refractivity contribution >= 4 is 30.7 Å². The summed E-state index contributed by atoms with van der Waals surface area (Å²) in [6, 6.07) is 0. The first-order valence-corrected chi connectivity index (χ1v) is 10.8. The Kier molecular flexibility index (Phi) is 5.85. The maximum absolute atomic E-state index is 2.61. The molecular formula is C12H24INSi. The summed E-state index contributed by atoms with van der Waals surface area (Å²) in [5.41, 5.74) is 2.47. The summed E-state index contributed by atoms with van der Waals surface area (Å²) in [5.74, 6) is 0. The minimum atomic E-state index is -0.955. The normalized spacial score (nSPS) is 21.3. The Hall–Kier alpha value is 0.647. The average Bonchev–Trinajstić information content (AvgIpc) is 2.14. The zero-order valence-electron chi connectivity index (χ0n) is 10.3. The van der Waals surface area contributed by atoms with Gasteiger partial charge in [0.05, 0.1) is 8.07 Å². The van der Waals surface area contributed by atoms with E-state index < -0.39 is 8.07 Å². The first-order chi connectivity index (χ1) is 6.97. The number of rotatable bonds is 4. The highest BCUT2D eigenvalue weighted by Gasteiger charge is 2.15. The Morgan fingerprint density at radius 2 is 1.87 bits per heavy atom. The lowest BCUT2D eigenvalue weighted by atomic mass is 10.1. The van der Waals surface area contributed by atoms with Gasteiger partial charge in [-0.3, -0.25) is 0 Å². The molecule has 0 saturated carbocycles. The molecule has 0 aliphatic carbocycles. The summed E-state index contributed by atoms with van der Waals surface area (Å²) in [6.45, 7) is 11.1. The van der Waals surface area contributed by atoms with Crippen LogP contribution in [0.5, 0.6) is 0 Å². The molecule has 1 nitrogen and oxygen atoms in total. The molecule has 1 rings (SSSR count). The van der Waals surface area contributed by atoms with Gasteiger partial charge in [0.2, 0.25) is 0 Å². The van der Waals surface area contributed by atoms with Crippen LogP contribution in [0.1, 0.15) is 19.3 Å². The Morgan fingerprint density at radius 3 is 2.40 bits per heavy atom. The molecule has 0 bridgehead atoms. The molecule has 0 spiro atoms. The SMILES string of the molecule is C[Si](C)(C)/C=C/CCN1CCC(I)CC1. The molecule has 1 aliphatic heterocycles. The Balaban J connectivity index is 2.13. The van der Waals surface area contributed by atoms with Crippen molar-refractivity contribution in [3.63, 3.8) is 0 Å². The minimum Gasteiger partial charge on any atom is -0.303 e. The number of hydrogen-bond acceptors (Lipinski definition) is 1. The molecule has 1 aliphatic rings. The summed E-state index contributed by atoms with van der Waals surface area (Å²) in [6.07, 6.45) is 6.43. The zero-order chi connectivity index (χ0) is 11.3. The second-order valence-corrected chi connectivity index (χ2v) is 12.4. The molecule has 0 aromatic carbocycles. The standard InChI is InChI=1S/C12H24INSi/c1-15(2,3)11-5-4-8-14-9-6-12(13)7-10-14/h5,11-12H,4,6-10H2,1-3H3/b11-5+. The summed E-state index contributed by atoms with van der Waals surface area (Å²) in [5, 5.41) is 0. The van der Waals surface area contributed by atoms with E-state index in [2.05, 4.69) is 58.9 Å². The van der Waals surface area contributed by atoms with Crippen LogP contribution in [-0.2, 0) is 0 Å². The molecule has 1 saturated heterocycles. The highest BCUT2D eigenvalue weighted by molar-refractivity contribution is 14.1. The van der Waals surface area contributed by atoms with Crippen molar-refractivity contribution in [1.29, 1.82) is 0 Å². The largest absolute Gasteiger partial charge is 0.303 e. The summed E-state index contributed by atoms with van der Waals surface area (Å²) in [7, 11) is -0.955. The smallest absolute Gasteiger partial charge is 0.0682 e. The second-order valence-electron chi connectivity index (χ2n) is 5.57. The van der Waals surface area contributed by atoms with Gasteiger partial charge in [-0.15, -0.1) is 0 Å².